The van der Waals surface area contributed by atoms with Gasteiger partial charge in [-0.05, 0) is 37.1 Å². The Hall–Kier alpha value is -3.09. The van der Waals surface area contributed by atoms with Crippen LogP contribution in [0.2, 0.25) is 0 Å². The Morgan fingerprint density at radius 3 is 2.57 bits per heavy atom. The molecule has 0 atom stereocenters. The minimum atomic E-state index is -0.280. The summed E-state index contributed by atoms with van der Waals surface area (Å²) in [6.07, 6.45) is 2.22. The lowest BCUT2D eigenvalue weighted by molar-refractivity contribution is 0.102. The van der Waals surface area contributed by atoms with Crippen LogP contribution in [-0.2, 0) is 11.2 Å². The number of benzene rings is 1. The van der Waals surface area contributed by atoms with Crippen molar-refractivity contribution in [3.05, 3.63) is 53.7 Å². The molecule has 1 aliphatic heterocycles. The van der Waals surface area contributed by atoms with Crippen LogP contribution in [0.4, 0.5) is 16.3 Å². The highest BCUT2D eigenvalue weighted by Gasteiger charge is 2.23. The number of nitrogens with one attached hydrogen (secondary N) is 1. The van der Waals surface area contributed by atoms with Crippen molar-refractivity contribution in [1.29, 1.82) is 0 Å². The maximum absolute atomic E-state index is 12.7. The van der Waals surface area contributed by atoms with Crippen LogP contribution in [-0.4, -0.2) is 54.7 Å². The first-order valence-electron chi connectivity index (χ1n) is 9.64. The van der Waals surface area contributed by atoms with Crippen LogP contribution in [0.5, 0.6) is 0 Å². The second kappa shape index (κ2) is 9.21. The molecule has 1 aliphatic rings. The quantitative estimate of drug-likeness (QED) is 0.860. The topological polar surface area (TPSA) is 74.8 Å². The Balaban J connectivity index is 1.66. The van der Waals surface area contributed by atoms with Gasteiger partial charge in [0.2, 0.25) is 0 Å². The fourth-order valence-electron chi connectivity index (χ4n) is 3.21. The van der Waals surface area contributed by atoms with E-state index in [9.17, 15) is 9.59 Å². The molecule has 28 heavy (non-hydrogen) atoms. The summed E-state index contributed by atoms with van der Waals surface area (Å²) < 4.78 is 5.05. The molecule has 0 unspecified atom stereocenters. The molecule has 0 spiro atoms. The highest BCUT2D eigenvalue weighted by Crippen LogP contribution is 2.19. The SMILES string of the molecule is CCOC(=O)N1CCN(c2cc(C(=O)Nc3ccccc3CC)ccn2)CC1. The van der Waals surface area contributed by atoms with Crippen LogP contribution in [0.25, 0.3) is 0 Å². The first-order valence-corrected chi connectivity index (χ1v) is 9.64. The molecule has 0 radical (unpaired) electrons. The van der Waals surface area contributed by atoms with Crippen molar-refractivity contribution in [2.24, 2.45) is 0 Å². The van der Waals surface area contributed by atoms with Crippen LogP contribution in [0, 0.1) is 0 Å². The van der Waals surface area contributed by atoms with E-state index < -0.39 is 0 Å². The van der Waals surface area contributed by atoms with Gasteiger partial charge in [-0.15, -0.1) is 0 Å². The third-order valence-electron chi connectivity index (χ3n) is 4.78. The van der Waals surface area contributed by atoms with Crippen LogP contribution in [0.1, 0.15) is 29.8 Å². The highest BCUT2D eigenvalue weighted by molar-refractivity contribution is 6.05. The number of carbonyl (C=O) groups excluding carboxylic acids is 2. The number of ether oxygens (including phenoxy) is 1. The van der Waals surface area contributed by atoms with Crippen molar-refractivity contribution >= 4 is 23.5 Å². The van der Waals surface area contributed by atoms with Gasteiger partial charge in [0.05, 0.1) is 6.61 Å². The molecule has 2 aromatic rings. The molecule has 3 rings (SSSR count). The molecule has 7 heteroatoms. The maximum Gasteiger partial charge on any atom is 0.409 e. The standard InChI is InChI=1S/C21H26N4O3/c1-3-16-7-5-6-8-18(16)23-20(26)17-9-10-22-19(15-17)24-11-13-25(14-12-24)21(27)28-4-2/h5-10,15H,3-4,11-14H2,1-2H3,(H,23,26). The number of pyridine rings is 1. The summed E-state index contributed by atoms with van der Waals surface area (Å²) >= 11 is 0. The average molecular weight is 382 g/mol. The number of piperazine rings is 1. The first kappa shape index (κ1) is 19.7. The molecule has 2 amide bonds. The van der Waals surface area contributed by atoms with Gasteiger partial charge in [0.25, 0.3) is 5.91 Å². The first-order chi connectivity index (χ1) is 13.6. The van der Waals surface area contributed by atoms with E-state index in [1.54, 1.807) is 30.2 Å². The van der Waals surface area contributed by atoms with Gasteiger partial charge in [-0.25, -0.2) is 9.78 Å². The van der Waals surface area contributed by atoms with Gasteiger partial charge >= 0.3 is 6.09 Å². The summed E-state index contributed by atoms with van der Waals surface area (Å²) in [6, 6.07) is 11.3. The maximum atomic E-state index is 12.7. The second-order valence-corrected chi connectivity index (χ2v) is 6.54. The minimum absolute atomic E-state index is 0.158. The zero-order chi connectivity index (χ0) is 19.9. The van der Waals surface area contributed by atoms with E-state index in [0.717, 1.165) is 23.5 Å². The third-order valence-corrected chi connectivity index (χ3v) is 4.78. The normalized spacial score (nSPS) is 13.9. The van der Waals surface area contributed by atoms with E-state index in [1.165, 1.54) is 0 Å². The van der Waals surface area contributed by atoms with Gasteiger partial charge in [-0.1, -0.05) is 25.1 Å². The molecule has 1 aromatic heterocycles. The largest absolute Gasteiger partial charge is 0.450 e. The molecular weight excluding hydrogens is 356 g/mol. The van der Waals surface area contributed by atoms with Crippen molar-refractivity contribution in [2.75, 3.05) is 43.0 Å². The van der Waals surface area contributed by atoms with Crippen LogP contribution in [0.3, 0.4) is 0 Å². The molecule has 0 bridgehead atoms. The number of anilines is 2. The number of carbonyl (C=O) groups is 2. The second-order valence-electron chi connectivity index (χ2n) is 6.54. The molecular formula is C21H26N4O3. The van der Waals surface area contributed by atoms with Gasteiger partial charge in [0.15, 0.2) is 0 Å². The number of hydrogen-bond acceptors (Lipinski definition) is 5. The van der Waals surface area contributed by atoms with Crippen molar-refractivity contribution in [3.8, 4) is 0 Å². The van der Waals surface area contributed by atoms with Crippen molar-refractivity contribution in [1.82, 2.24) is 9.88 Å². The predicted octanol–water partition coefficient (Wildman–Crippen LogP) is 3.17. The summed E-state index contributed by atoms with van der Waals surface area (Å²) in [5.41, 5.74) is 2.49. The monoisotopic (exact) mass is 382 g/mol. The lowest BCUT2D eigenvalue weighted by atomic mass is 10.1. The molecule has 0 aliphatic carbocycles. The van der Waals surface area contributed by atoms with Crippen molar-refractivity contribution < 1.29 is 14.3 Å². The average Bonchev–Trinajstić information content (AvgIpc) is 2.74. The van der Waals surface area contributed by atoms with Crippen LogP contribution in [0.15, 0.2) is 42.6 Å². The molecule has 1 fully saturated rings. The number of hydrogen-bond donors (Lipinski definition) is 1. The van der Waals surface area contributed by atoms with E-state index in [0.29, 0.717) is 38.3 Å². The molecule has 0 saturated carbocycles. The minimum Gasteiger partial charge on any atom is -0.450 e. The summed E-state index contributed by atoms with van der Waals surface area (Å²) in [5.74, 6) is 0.578. The van der Waals surface area contributed by atoms with E-state index >= 15 is 0 Å². The van der Waals surface area contributed by atoms with E-state index in [-0.39, 0.29) is 12.0 Å². The number of rotatable bonds is 5. The zero-order valence-corrected chi connectivity index (χ0v) is 16.4. The van der Waals surface area contributed by atoms with Gasteiger partial charge in [-0.2, -0.15) is 0 Å². The van der Waals surface area contributed by atoms with E-state index in [4.69, 9.17) is 4.74 Å². The van der Waals surface area contributed by atoms with Gasteiger partial charge in [0.1, 0.15) is 5.82 Å². The molecule has 1 saturated heterocycles. The number of amides is 2. The summed E-state index contributed by atoms with van der Waals surface area (Å²) in [5, 5.41) is 2.99. The molecule has 1 aromatic carbocycles. The van der Waals surface area contributed by atoms with E-state index in [2.05, 4.69) is 22.1 Å². The Labute approximate surface area is 165 Å². The Kier molecular flexibility index (Phi) is 6.47. The Morgan fingerprint density at radius 1 is 1.11 bits per heavy atom. The molecule has 1 N–H and O–H groups in total. The van der Waals surface area contributed by atoms with Gasteiger partial charge < -0.3 is 19.9 Å². The summed E-state index contributed by atoms with van der Waals surface area (Å²) in [7, 11) is 0. The molecule has 2 heterocycles. The van der Waals surface area contributed by atoms with E-state index in [1.807, 2.05) is 24.3 Å². The van der Waals surface area contributed by atoms with Crippen molar-refractivity contribution in [2.45, 2.75) is 20.3 Å². The predicted molar refractivity (Wildman–Crippen MR) is 109 cm³/mol. The van der Waals surface area contributed by atoms with Gasteiger partial charge in [-0.3, -0.25) is 4.79 Å². The molecule has 148 valence electrons. The molecule has 7 nitrogen and oxygen atoms in total. The third kappa shape index (κ3) is 4.60. The fraction of sp³-hybridized carbons (Fsp3) is 0.381. The lowest BCUT2D eigenvalue weighted by Crippen LogP contribution is -2.49. The fourth-order valence-corrected chi connectivity index (χ4v) is 3.21. The smallest absolute Gasteiger partial charge is 0.409 e. The zero-order valence-electron chi connectivity index (χ0n) is 16.4. The van der Waals surface area contributed by atoms with Crippen LogP contribution < -0.4 is 10.2 Å². The number of para-hydroxylation sites is 1. The number of nitrogens with zero attached hydrogens (tertiary/aromatic N) is 3. The number of aromatic nitrogens is 1. The Morgan fingerprint density at radius 2 is 1.86 bits per heavy atom. The highest BCUT2D eigenvalue weighted by atomic mass is 16.6. The van der Waals surface area contributed by atoms with Crippen LogP contribution >= 0.6 is 0 Å². The van der Waals surface area contributed by atoms with Gasteiger partial charge in [0, 0.05) is 43.6 Å². The summed E-state index contributed by atoms with van der Waals surface area (Å²) in [6.45, 7) is 6.67. The van der Waals surface area contributed by atoms with Crippen molar-refractivity contribution in [3.63, 3.8) is 0 Å². The lowest BCUT2D eigenvalue weighted by Gasteiger charge is -2.34. The Bertz CT molecular complexity index is 832. The summed E-state index contributed by atoms with van der Waals surface area (Å²) in [4.78, 5) is 32.7. The number of aryl methyl sites for hydroxylation is 1.